The van der Waals surface area contributed by atoms with E-state index in [0.717, 1.165) is 45.2 Å². The van der Waals surface area contributed by atoms with E-state index in [9.17, 15) is 9.59 Å². The van der Waals surface area contributed by atoms with E-state index >= 15 is 0 Å². The Labute approximate surface area is 114 Å². The molecule has 3 rings (SSSR count). The standard InChI is InChI=1S/C15H24N2O2/c18-14(11-6-3-7-11)16-13-8-9-17(10-13)15(19)12-4-1-2-5-12/h11-13H,1-10H2,(H,16,18)/t13-/m0/s1. The zero-order chi connectivity index (χ0) is 13.2. The highest BCUT2D eigenvalue weighted by molar-refractivity contribution is 5.81. The number of carbonyl (C=O) groups excluding carboxylic acids is 2. The van der Waals surface area contributed by atoms with Crippen LogP contribution in [0.25, 0.3) is 0 Å². The number of likely N-dealkylation sites (tertiary alicyclic amines) is 1. The summed E-state index contributed by atoms with van der Waals surface area (Å²) in [5.74, 6) is 1.06. The van der Waals surface area contributed by atoms with Crippen molar-refractivity contribution >= 4 is 11.8 Å². The fourth-order valence-corrected chi connectivity index (χ4v) is 3.50. The van der Waals surface area contributed by atoms with Crippen molar-refractivity contribution < 1.29 is 9.59 Å². The van der Waals surface area contributed by atoms with E-state index in [1.807, 2.05) is 4.90 Å². The largest absolute Gasteiger partial charge is 0.351 e. The van der Waals surface area contributed by atoms with Crippen LogP contribution in [0.5, 0.6) is 0 Å². The minimum absolute atomic E-state index is 0.193. The van der Waals surface area contributed by atoms with Crippen LogP contribution in [0.15, 0.2) is 0 Å². The summed E-state index contributed by atoms with van der Waals surface area (Å²) in [6.45, 7) is 1.55. The smallest absolute Gasteiger partial charge is 0.225 e. The first kappa shape index (κ1) is 12.9. The summed E-state index contributed by atoms with van der Waals surface area (Å²) in [7, 11) is 0. The highest BCUT2D eigenvalue weighted by Crippen LogP contribution is 2.29. The molecule has 2 amide bonds. The molecule has 4 nitrogen and oxygen atoms in total. The maximum atomic E-state index is 12.3. The molecular formula is C15H24N2O2. The summed E-state index contributed by atoms with van der Waals surface area (Å²) in [6, 6.07) is 0.193. The fraction of sp³-hybridized carbons (Fsp3) is 0.867. The number of rotatable bonds is 3. The molecule has 0 radical (unpaired) electrons. The second-order valence-electron chi connectivity index (χ2n) is 6.39. The molecule has 0 aromatic carbocycles. The number of carbonyl (C=O) groups is 2. The minimum Gasteiger partial charge on any atom is -0.351 e. The number of hydrogen-bond acceptors (Lipinski definition) is 2. The summed E-state index contributed by atoms with van der Waals surface area (Å²) in [4.78, 5) is 26.2. The van der Waals surface area contributed by atoms with E-state index in [1.54, 1.807) is 0 Å². The van der Waals surface area contributed by atoms with Crippen LogP contribution in [0.3, 0.4) is 0 Å². The predicted molar refractivity (Wildman–Crippen MR) is 72.4 cm³/mol. The van der Waals surface area contributed by atoms with Gasteiger partial charge in [-0.15, -0.1) is 0 Å². The summed E-state index contributed by atoms with van der Waals surface area (Å²) in [6.07, 6.45) is 8.74. The van der Waals surface area contributed by atoms with Gasteiger partial charge < -0.3 is 10.2 Å². The Morgan fingerprint density at radius 1 is 0.895 bits per heavy atom. The van der Waals surface area contributed by atoms with E-state index in [1.165, 1.54) is 19.3 Å². The lowest BCUT2D eigenvalue weighted by Gasteiger charge is -2.26. The van der Waals surface area contributed by atoms with Gasteiger partial charge in [0.25, 0.3) is 0 Å². The average Bonchev–Trinajstić information content (AvgIpc) is 2.95. The van der Waals surface area contributed by atoms with Gasteiger partial charge in [0.15, 0.2) is 0 Å². The van der Waals surface area contributed by atoms with Gasteiger partial charge in [-0.25, -0.2) is 0 Å². The normalized spacial score (nSPS) is 28.4. The second kappa shape index (κ2) is 5.51. The van der Waals surface area contributed by atoms with Gasteiger partial charge in [0, 0.05) is 31.0 Å². The van der Waals surface area contributed by atoms with Gasteiger partial charge in [-0.3, -0.25) is 9.59 Å². The Morgan fingerprint density at radius 3 is 2.21 bits per heavy atom. The molecule has 3 fully saturated rings. The van der Waals surface area contributed by atoms with Gasteiger partial charge in [0.2, 0.25) is 11.8 Å². The molecule has 0 unspecified atom stereocenters. The Bertz CT molecular complexity index is 359. The molecule has 2 saturated carbocycles. The van der Waals surface area contributed by atoms with Gasteiger partial charge >= 0.3 is 0 Å². The van der Waals surface area contributed by atoms with Gasteiger partial charge in [-0.2, -0.15) is 0 Å². The topological polar surface area (TPSA) is 49.4 Å². The number of amides is 2. The van der Waals surface area contributed by atoms with Crippen molar-refractivity contribution in [2.45, 2.75) is 57.4 Å². The molecule has 3 aliphatic rings. The third kappa shape index (κ3) is 2.77. The maximum Gasteiger partial charge on any atom is 0.225 e. The van der Waals surface area contributed by atoms with Gasteiger partial charge in [-0.05, 0) is 32.1 Å². The average molecular weight is 264 g/mol. The summed E-state index contributed by atoms with van der Waals surface area (Å²) < 4.78 is 0. The highest BCUT2D eigenvalue weighted by Gasteiger charge is 2.34. The summed E-state index contributed by atoms with van der Waals surface area (Å²) >= 11 is 0. The Kier molecular flexibility index (Phi) is 3.76. The molecule has 2 aliphatic carbocycles. The summed E-state index contributed by atoms with van der Waals surface area (Å²) in [5.41, 5.74) is 0. The zero-order valence-electron chi connectivity index (χ0n) is 11.6. The molecule has 0 bridgehead atoms. The number of nitrogens with zero attached hydrogens (tertiary/aromatic N) is 1. The first-order valence-corrected chi connectivity index (χ1v) is 7.83. The molecular weight excluding hydrogens is 240 g/mol. The lowest BCUT2D eigenvalue weighted by Crippen LogP contribution is -2.43. The molecule has 1 N–H and O–H groups in total. The first-order chi connectivity index (χ1) is 9.24. The zero-order valence-corrected chi connectivity index (χ0v) is 11.6. The van der Waals surface area contributed by atoms with Crippen LogP contribution in [0.2, 0.25) is 0 Å². The third-order valence-corrected chi connectivity index (χ3v) is 5.03. The van der Waals surface area contributed by atoms with E-state index < -0.39 is 0 Å². The Balaban J connectivity index is 1.46. The van der Waals surface area contributed by atoms with Crippen LogP contribution >= 0.6 is 0 Å². The van der Waals surface area contributed by atoms with Crippen LogP contribution < -0.4 is 5.32 Å². The van der Waals surface area contributed by atoms with Gasteiger partial charge in [0.05, 0.1) is 0 Å². The molecule has 4 heteroatoms. The van der Waals surface area contributed by atoms with Crippen molar-refractivity contribution in [1.29, 1.82) is 0 Å². The highest BCUT2D eigenvalue weighted by atomic mass is 16.2. The van der Waals surface area contributed by atoms with Crippen molar-refractivity contribution in [3.05, 3.63) is 0 Å². The molecule has 106 valence electrons. The van der Waals surface area contributed by atoms with Crippen molar-refractivity contribution in [3.8, 4) is 0 Å². The summed E-state index contributed by atoms with van der Waals surface area (Å²) in [5, 5.41) is 3.12. The third-order valence-electron chi connectivity index (χ3n) is 5.03. The molecule has 1 atom stereocenters. The lowest BCUT2D eigenvalue weighted by molar-refractivity contribution is -0.134. The van der Waals surface area contributed by atoms with Crippen molar-refractivity contribution in [3.63, 3.8) is 0 Å². The molecule has 1 aliphatic heterocycles. The molecule has 0 aromatic rings. The molecule has 1 heterocycles. The SMILES string of the molecule is O=C(N[C@H]1CCN(C(=O)C2CCCC2)C1)C1CCC1. The molecule has 1 saturated heterocycles. The van der Waals surface area contributed by atoms with Gasteiger partial charge in [-0.1, -0.05) is 19.3 Å². The van der Waals surface area contributed by atoms with E-state index in [2.05, 4.69) is 5.32 Å². The van der Waals surface area contributed by atoms with Crippen LogP contribution in [-0.4, -0.2) is 35.8 Å². The molecule has 0 spiro atoms. The van der Waals surface area contributed by atoms with Crippen molar-refractivity contribution in [1.82, 2.24) is 10.2 Å². The predicted octanol–water partition coefficient (Wildman–Crippen LogP) is 1.69. The van der Waals surface area contributed by atoms with Crippen LogP contribution in [0, 0.1) is 11.8 Å². The van der Waals surface area contributed by atoms with Crippen molar-refractivity contribution in [2.24, 2.45) is 11.8 Å². The number of nitrogens with one attached hydrogen (secondary N) is 1. The number of hydrogen-bond donors (Lipinski definition) is 1. The lowest BCUT2D eigenvalue weighted by atomic mass is 9.84. The maximum absolute atomic E-state index is 12.3. The minimum atomic E-state index is 0.193. The second-order valence-corrected chi connectivity index (χ2v) is 6.39. The van der Waals surface area contributed by atoms with Crippen LogP contribution in [0.4, 0.5) is 0 Å². The van der Waals surface area contributed by atoms with Crippen LogP contribution in [0.1, 0.15) is 51.4 Å². The first-order valence-electron chi connectivity index (χ1n) is 7.83. The van der Waals surface area contributed by atoms with Crippen LogP contribution in [-0.2, 0) is 9.59 Å². The molecule has 19 heavy (non-hydrogen) atoms. The van der Waals surface area contributed by atoms with Crippen molar-refractivity contribution in [2.75, 3.05) is 13.1 Å². The van der Waals surface area contributed by atoms with E-state index in [-0.39, 0.29) is 23.8 Å². The monoisotopic (exact) mass is 264 g/mol. The fourth-order valence-electron chi connectivity index (χ4n) is 3.50. The Morgan fingerprint density at radius 2 is 1.58 bits per heavy atom. The van der Waals surface area contributed by atoms with Gasteiger partial charge in [0.1, 0.15) is 0 Å². The Hall–Kier alpha value is -1.06. The van der Waals surface area contributed by atoms with E-state index in [4.69, 9.17) is 0 Å². The molecule has 0 aromatic heterocycles. The van der Waals surface area contributed by atoms with E-state index in [0.29, 0.717) is 5.91 Å². The quantitative estimate of drug-likeness (QED) is 0.843.